The van der Waals surface area contributed by atoms with E-state index in [2.05, 4.69) is 0 Å². The first-order valence-electron chi connectivity index (χ1n) is 8.58. The predicted molar refractivity (Wildman–Crippen MR) is 97.1 cm³/mol. The van der Waals surface area contributed by atoms with Crippen LogP contribution in [0.25, 0.3) is 0 Å². The van der Waals surface area contributed by atoms with Gasteiger partial charge in [-0.05, 0) is 36.1 Å². The maximum absolute atomic E-state index is 13.9. The molecule has 0 radical (unpaired) electrons. The van der Waals surface area contributed by atoms with Crippen molar-refractivity contribution in [2.24, 2.45) is 0 Å². The van der Waals surface area contributed by atoms with E-state index in [1.165, 1.54) is 0 Å². The quantitative estimate of drug-likeness (QED) is 0.740. The molecule has 1 heterocycles. The van der Waals surface area contributed by atoms with Crippen molar-refractivity contribution < 1.29 is 28.8 Å². The van der Waals surface area contributed by atoms with E-state index in [0.29, 0.717) is 17.0 Å². The Labute approximate surface area is 161 Å². The van der Waals surface area contributed by atoms with Gasteiger partial charge < -0.3 is 20.1 Å². The molecule has 1 aliphatic rings. The second-order valence-electron chi connectivity index (χ2n) is 6.85. The monoisotopic (exact) mass is 398 g/mol. The zero-order valence-corrected chi connectivity index (χ0v) is 15.4. The molecule has 146 valence electrons. The molecule has 0 aliphatic carbocycles. The molecule has 1 aliphatic heterocycles. The Kier molecular flexibility index (Phi) is 5.84. The fourth-order valence-corrected chi connectivity index (χ4v) is 3.39. The zero-order valence-electron chi connectivity index (χ0n) is 14.6. The number of hydrogen-bond donors (Lipinski definition) is 3. The number of rotatable bonds is 4. The minimum absolute atomic E-state index is 0.405. The van der Waals surface area contributed by atoms with E-state index >= 15 is 0 Å². The maximum Gasteiger partial charge on any atom is 0.303 e. The number of benzene rings is 2. The summed E-state index contributed by atoms with van der Waals surface area (Å²) in [7, 11) is 0. The smallest absolute Gasteiger partial charge is 0.303 e. The number of aryl methyl sites for hydroxylation is 1. The summed E-state index contributed by atoms with van der Waals surface area (Å²) in [6, 6.07) is 12.7. The molecule has 27 heavy (non-hydrogen) atoms. The Morgan fingerprint density at radius 2 is 1.78 bits per heavy atom. The van der Waals surface area contributed by atoms with E-state index < -0.39 is 36.9 Å². The van der Waals surface area contributed by atoms with Gasteiger partial charge in [0.05, 0.1) is 6.61 Å². The zero-order chi connectivity index (χ0) is 19.8. The molecule has 0 saturated carbocycles. The van der Waals surface area contributed by atoms with Gasteiger partial charge in [0.25, 0.3) is 0 Å². The summed E-state index contributed by atoms with van der Waals surface area (Å²) in [5.41, 5.74) is 3.29. The largest absolute Gasteiger partial charge is 0.393 e. The van der Waals surface area contributed by atoms with Crippen LogP contribution in [-0.2, 0) is 11.2 Å². The third kappa shape index (κ3) is 4.00. The van der Waals surface area contributed by atoms with Gasteiger partial charge in [-0.25, -0.2) is 8.78 Å². The third-order valence-electron chi connectivity index (χ3n) is 4.85. The van der Waals surface area contributed by atoms with Crippen LogP contribution in [0.1, 0.15) is 28.4 Å². The molecule has 2 aromatic carbocycles. The molecule has 3 rings (SSSR count). The van der Waals surface area contributed by atoms with Crippen molar-refractivity contribution in [1.29, 1.82) is 0 Å². The highest BCUT2D eigenvalue weighted by molar-refractivity contribution is 6.31. The van der Waals surface area contributed by atoms with Crippen molar-refractivity contribution in [3.05, 3.63) is 69.7 Å². The Morgan fingerprint density at radius 3 is 2.41 bits per heavy atom. The van der Waals surface area contributed by atoms with Crippen molar-refractivity contribution >= 4 is 11.6 Å². The van der Waals surface area contributed by atoms with Crippen molar-refractivity contribution in [3.63, 3.8) is 0 Å². The van der Waals surface area contributed by atoms with Crippen LogP contribution in [0.5, 0.6) is 0 Å². The Balaban J connectivity index is 1.89. The Bertz CT molecular complexity index is 793. The van der Waals surface area contributed by atoms with Crippen molar-refractivity contribution in [2.45, 2.75) is 43.7 Å². The molecule has 0 spiro atoms. The molecular formula is C20H21ClF2O4. The molecule has 3 N–H and O–H groups in total. The summed E-state index contributed by atoms with van der Waals surface area (Å²) in [6.07, 6.45) is -6.78. The van der Waals surface area contributed by atoms with Crippen LogP contribution in [0.2, 0.25) is 5.02 Å². The summed E-state index contributed by atoms with van der Waals surface area (Å²) < 4.78 is 33.1. The highest BCUT2D eigenvalue weighted by Gasteiger charge is 2.57. The van der Waals surface area contributed by atoms with Gasteiger partial charge in [-0.15, -0.1) is 0 Å². The highest BCUT2D eigenvalue weighted by atomic mass is 35.5. The number of alkyl halides is 2. The number of aliphatic hydroxyl groups is 3. The van der Waals surface area contributed by atoms with E-state index in [1.807, 2.05) is 31.2 Å². The Hall–Kier alpha value is -1.57. The maximum atomic E-state index is 13.9. The van der Waals surface area contributed by atoms with E-state index in [-0.39, 0.29) is 0 Å². The van der Waals surface area contributed by atoms with Crippen LogP contribution in [-0.4, -0.2) is 46.2 Å². The fraction of sp³-hybridized carbons (Fsp3) is 0.400. The van der Waals surface area contributed by atoms with Gasteiger partial charge in [0.15, 0.2) is 0 Å². The molecular weight excluding hydrogens is 378 g/mol. The topological polar surface area (TPSA) is 69.9 Å². The second-order valence-corrected chi connectivity index (χ2v) is 7.26. The van der Waals surface area contributed by atoms with Crippen LogP contribution in [0.15, 0.2) is 42.5 Å². The minimum Gasteiger partial charge on any atom is -0.393 e. The summed E-state index contributed by atoms with van der Waals surface area (Å²) in [5, 5.41) is 29.6. The standard InChI is InChI=1S/C20H21ClF2O4/c1-11-2-4-12(5-3-11)8-14-9-13(6-7-15(14)21)18-17(25)19(26)20(22,23)16(10-24)27-18/h2-7,9,16-19,24-26H,8,10H2,1H3/t16-,17+,18+,19-/m1/s1. The van der Waals surface area contributed by atoms with Crippen molar-refractivity contribution in [3.8, 4) is 0 Å². The van der Waals surface area contributed by atoms with Gasteiger partial charge in [0, 0.05) is 5.02 Å². The lowest BCUT2D eigenvalue weighted by Crippen LogP contribution is -2.59. The van der Waals surface area contributed by atoms with Gasteiger partial charge in [0.2, 0.25) is 0 Å². The lowest BCUT2D eigenvalue weighted by atomic mass is 9.89. The van der Waals surface area contributed by atoms with Gasteiger partial charge in [-0.1, -0.05) is 53.6 Å². The molecule has 1 saturated heterocycles. The molecule has 4 nitrogen and oxygen atoms in total. The van der Waals surface area contributed by atoms with Gasteiger partial charge in [-0.3, -0.25) is 0 Å². The van der Waals surface area contributed by atoms with E-state index in [1.54, 1.807) is 18.2 Å². The minimum atomic E-state index is -3.75. The summed E-state index contributed by atoms with van der Waals surface area (Å²) in [6.45, 7) is 1.01. The lowest BCUT2D eigenvalue weighted by molar-refractivity contribution is -0.296. The molecule has 0 amide bonds. The summed E-state index contributed by atoms with van der Waals surface area (Å²) >= 11 is 6.27. The normalized spacial score (nSPS) is 27.5. The predicted octanol–water partition coefficient (Wildman–Crippen LogP) is 3.03. The SMILES string of the molecule is Cc1ccc(Cc2cc([C@@H]3O[C@H](CO)C(F)(F)[C@H](O)[C@H]3O)ccc2Cl)cc1. The molecule has 0 aromatic heterocycles. The second kappa shape index (κ2) is 7.81. The van der Waals surface area contributed by atoms with E-state index in [4.69, 9.17) is 16.3 Å². The van der Waals surface area contributed by atoms with Crippen LogP contribution >= 0.6 is 11.6 Å². The number of hydrogen-bond acceptors (Lipinski definition) is 4. The van der Waals surface area contributed by atoms with Crippen LogP contribution < -0.4 is 0 Å². The molecule has 2 aromatic rings. The molecule has 4 atom stereocenters. The van der Waals surface area contributed by atoms with E-state index in [9.17, 15) is 24.1 Å². The van der Waals surface area contributed by atoms with Gasteiger partial charge in [0.1, 0.15) is 24.4 Å². The number of halogens is 3. The molecule has 1 fully saturated rings. The van der Waals surface area contributed by atoms with Crippen LogP contribution in [0.3, 0.4) is 0 Å². The molecule has 0 unspecified atom stereocenters. The first-order valence-corrected chi connectivity index (χ1v) is 8.96. The lowest BCUT2D eigenvalue weighted by Gasteiger charge is -2.42. The fourth-order valence-electron chi connectivity index (χ4n) is 3.21. The van der Waals surface area contributed by atoms with Crippen molar-refractivity contribution in [2.75, 3.05) is 6.61 Å². The Morgan fingerprint density at radius 1 is 1.11 bits per heavy atom. The first-order chi connectivity index (χ1) is 12.7. The van der Waals surface area contributed by atoms with Crippen molar-refractivity contribution in [1.82, 2.24) is 0 Å². The average Bonchev–Trinajstić information content (AvgIpc) is 2.64. The number of aliphatic hydroxyl groups excluding tert-OH is 3. The first kappa shape index (κ1) is 20.2. The molecule has 7 heteroatoms. The number of ether oxygens (including phenoxy) is 1. The van der Waals surface area contributed by atoms with Gasteiger partial charge >= 0.3 is 5.92 Å². The molecule has 0 bridgehead atoms. The third-order valence-corrected chi connectivity index (χ3v) is 5.22. The summed E-state index contributed by atoms with van der Waals surface area (Å²) in [4.78, 5) is 0. The van der Waals surface area contributed by atoms with Gasteiger partial charge in [-0.2, -0.15) is 0 Å². The van der Waals surface area contributed by atoms with Crippen LogP contribution in [0, 0.1) is 6.92 Å². The summed E-state index contributed by atoms with van der Waals surface area (Å²) in [5.74, 6) is -3.75. The van der Waals surface area contributed by atoms with Crippen LogP contribution in [0.4, 0.5) is 8.78 Å². The van der Waals surface area contributed by atoms with E-state index in [0.717, 1.165) is 16.7 Å². The highest BCUT2D eigenvalue weighted by Crippen LogP contribution is 2.41. The average molecular weight is 399 g/mol.